The number of nitrogens with one attached hydrogen (secondary N) is 2. The molecular weight excluding hydrogens is 483 g/mol. The molecule has 0 fully saturated rings. The molecule has 0 bridgehead atoms. The van der Waals surface area contributed by atoms with Gasteiger partial charge in [-0.25, -0.2) is 14.4 Å². The summed E-state index contributed by atoms with van der Waals surface area (Å²) in [4.78, 5) is 29.4. The lowest BCUT2D eigenvalue weighted by Crippen LogP contribution is -2.20. The van der Waals surface area contributed by atoms with Gasteiger partial charge >= 0.3 is 0 Å². The molecule has 4 rings (SSSR count). The first-order chi connectivity index (χ1) is 17.0. The van der Waals surface area contributed by atoms with Crippen LogP contribution in [-0.4, -0.2) is 51.7 Å². The van der Waals surface area contributed by atoms with Crippen LogP contribution >= 0.6 is 13.5 Å². The minimum absolute atomic E-state index is 0. The molecule has 0 aliphatic carbocycles. The van der Waals surface area contributed by atoms with E-state index in [4.69, 9.17) is 4.74 Å². The molecule has 0 aliphatic rings. The summed E-state index contributed by atoms with van der Waals surface area (Å²) in [6.45, 7) is 2.30. The van der Waals surface area contributed by atoms with Gasteiger partial charge in [-0.3, -0.25) is 14.8 Å². The van der Waals surface area contributed by atoms with E-state index in [9.17, 15) is 14.3 Å². The van der Waals surface area contributed by atoms with Gasteiger partial charge in [-0.15, -0.1) is 0 Å². The van der Waals surface area contributed by atoms with Crippen molar-refractivity contribution < 1.29 is 19.0 Å². The molecule has 4 aromatic rings. The molecule has 0 spiro atoms. The van der Waals surface area contributed by atoms with Crippen LogP contribution in [0.1, 0.15) is 34.5 Å². The molecule has 36 heavy (non-hydrogen) atoms. The van der Waals surface area contributed by atoms with Crippen molar-refractivity contribution in [1.82, 2.24) is 25.3 Å². The Morgan fingerprint density at radius 1 is 1.17 bits per heavy atom. The number of pyridine rings is 2. The third kappa shape index (κ3) is 5.37. The number of para-hydroxylation sites is 1. The lowest BCUT2D eigenvalue weighted by molar-refractivity contribution is 0.0960. The summed E-state index contributed by atoms with van der Waals surface area (Å²) in [5, 5.41) is 15.6. The highest BCUT2D eigenvalue weighted by atomic mass is 32.1. The van der Waals surface area contributed by atoms with Gasteiger partial charge in [0.25, 0.3) is 5.91 Å². The standard InChI is InChI=1S/C25H25FN6O3.H2S/c1-14(16-5-4-6-17-23(25(34)27-2)18(26)11-30-24(16)17)9-29-22-8-19(31-13-32-22)15-7-21(35-3)20(12-33)28-10-15;/h4-8,10-11,13-14,33H,9,12H2,1-3H3,(H,27,34)(H,29,31,32);1H2/t14-;/m1./s1. The van der Waals surface area contributed by atoms with Gasteiger partial charge in [0.2, 0.25) is 0 Å². The van der Waals surface area contributed by atoms with Gasteiger partial charge in [0.1, 0.15) is 23.6 Å². The topological polar surface area (TPSA) is 122 Å². The van der Waals surface area contributed by atoms with Crippen LogP contribution in [0.3, 0.4) is 0 Å². The number of aliphatic hydroxyl groups excluding tert-OH is 1. The first-order valence-electron chi connectivity index (χ1n) is 11.0. The molecule has 3 heterocycles. The Morgan fingerprint density at radius 2 is 1.97 bits per heavy atom. The minimum atomic E-state index is -0.661. The Morgan fingerprint density at radius 3 is 2.69 bits per heavy atom. The van der Waals surface area contributed by atoms with Crippen molar-refractivity contribution in [2.24, 2.45) is 0 Å². The number of benzene rings is 1. The van der Waals surface area contributed by atoms with Crippen molar-refractivity contribution >= 4 is 36.1 Å². The Bertz CT molecular complexity index is 1390. The number of ether oxygens (including phenoxy) is 1. The summed E-state index contributed by atoms with van der Waals surface area (Å²) in [7, 11) is 2.98. The van der Waals surface area contributed by atoms with Crippen molar-refractivity contribution in [3.63, 3.8) is 0 Å². The van der Waals surface area contributed by atoms with Crippen LogP contribution in [0, 0.1) is 5.82 Å². The Kier molecular flexibility index (Phi) is 8.73. The lowest BCUT2D eigenvalue weighted by Gasteiger charge is -2.17. The summed E-state index contributed by atoms with van der Waals surface area (Å²) >= 11 is 0. The van der Waals surface area contributed by atoms with E-state index < -0.39 is 11.7 Å². The minimum Gasteiger partial charge on any atom is -0.495 e. The van der Waals surface area contributed by atoms with Gasteiger partial charge in [-0.2, -0.15) is 13.5 Å². The molecular formula is C25H27FN6O3S. The largest absolute Gasteiger partial charge is 0.495 e. The maximum atomic E-state index is 14.4. The lowest BCUT2D eigenvalue weighted by atomic mass is 9.96. The molecule has 1 amide bonds. The summed E-state index contributed by atoms with van der Waals surface area (Å²) < 4.78 is 19.6. The number of amides is 1. The second-order valence-electron chi connectivity index (χ2n) is 7.91. The number of fused-ring (bicyclic) bond motifs is 1. The number of nitrogens with zero attached hydrogens (tertiary/aromatic N) is 4. The molecule has 0 saturated carbocycles. The predicted molar refractivity (Wildman–Crippen MR) is 140 cm³/mol. The number of methoxy groups -OCH3 is 1. The molecule has 0 unspecified atom stereocenters. The smallest absolute Gasteiger partial charge is 0.254 e. The van der Waals surface area contributed by atoms with E-state index in [0.29, 0.717) is 40.4 Å². The molecule has 1 aromatic carbocycles. The second kappa shape index (κ2) is 11.7. The summed E-state index contributed by atoms with van der Waals surface area (Å²) in [6.07, 6.45) is 4.15. The molecule has 188 valence electrons. The molecule has 9 nitrogen and oxygen atoms in total. The van der Waals surface area contributed by atoms with Crippen molar-refractivity contribution in [2.75, 3.05) is 26.0 Å². The fraction of sp³-hybridized carbons (Fsp3) is 0.240. The van der Waals surface area contributed by atoms with Crippen LogP contribution < -0.4 is 15.4 Å². The van der Waals surface area contributed by atoms with Gasteiger partial charge in [0.15, 0.2) is 5.82 Å². The molecule has 11 heteroatoms. The maximum Gasteiger partial charge on any atom is 0.254 e. The third-order valence-corrected chi connectivity index (χ3v) is 5.72. The van der Waals surface area contributed by atoms with Crippen molar-refractivity contribution in [2.45, 2.75) is 19.4 Å². The average Bonchev–Trinajstić information content (AvgIpc) is 2.90. The first kappa shape index (κ1) is 26.8. The summed E-state index contributed by atoms with van der Waals surface area (Å²) in [5.41, 5.74) is 3.25. The summed E-state index contributed by atoms with van der Waals surface area (Å²) in [6, 6.07) is 8.96. The molecule has 1 atom stereocenters. The van der Waals surface area contributed by atoms with Gasteiger partial charge in [-0.1, -0.05) is 25.1 Å². The number of aliphatic hydroxyl groups is 1. The summed E-state index contributed by atoms with van der Waals surface area (Å²) in [5.74, 6) is -0.103. The third-order valence-electron chi connectivity index (χ3n) is 5.72. The number of carbonyl (C=O) groups excluding carboxylic acids is 1. The van der Waals surface area contributed by atoms with Crippen LogP contribution in [0.25, 0.3) is 22.2 Å². The van der Waals surface area contributed by atoms with Crippen molar-refractivity contribution in [1.29, 1.82) is 0 Å². The first-order valence-corrected chi connectivity index (χ1v) is 11.0. The average molecular weight is 511 g/mol. The number of hydrogen-bond acceptors (Lipinski definition) is 8. The van der Waals surface area contributed by atoms with Crippen molar-refractivity contribution in [3.05, 3.63) is 71.7 Å². The van der Waals surface area contributed by atoms with Crippen LogP contribution in [0.4, 0.5) is 10.2 Å². The maximum absolute atomic E-state index is 14.4. The molecule has 3 N–H and O–H groups in total. The Labute approximate surface area is 214 Å². The van der Waals surface area contributed by atoms with E-state index in [0.717, 1.165) is 17.3 Å². The van der Waals surface area contributed by atoms with Crippen LogP contribution in [-0.2, 0) is 6.61 Å². The monoisotopic (exact) mass is 510 g/mol. The zero-order valence-corrected chi connectivity index (χ0v) is 21.0. The SMILES string of the molecule is CNC(=O)c1c(F)cnc2c([C@H](C)CNc3cc(-c4cnc(CO)c(OC)c4)ncn3)cccc12.S. The van der Waals surface area contributed by atoms with Gasteiger partial charge in [0.05, 0.1) is 36.7 Å². The number of aromatic nitrogens is 4. The van der Waals surface area contributed by atoms with Crippen LogP contribution in [0.5, 0.6) is 5.75 Å². The zero-order valence-electron chi connectivity index (χ0n) is 20.0. The highest BCUT2D eigenvalue weighted by molar-refractivity contribution is 7.59. The number of hydrogen-bond donors (Lipinski definition) is 3. The molecule has 0 aliphatic heterocycles. The van der Waals surface area contributed by atoms with Gasteiger partial charge in [-0.05, 0) is 11.6 Å². The highest BCUT2D eigenvalue weighted by Gasteiger charge is 2.19. The number of carbonyl (C=O) groups is 1. The van der Waals surface area contributed by atoms with E-state index in [-0.39, 0.29) is 31.6 Å². The number of rotatable bonds is 8. The zero-order chi connectivity index (χ0) is 24.9. The fourth-order valence-corrected chi connectivity index (χ4v) is 3.86. The van der Waals surface area contributed by atoms with Crippen molar-refractivity contribution in [3.8, 4) is 17.0 Å². The van der Waals surface area contributed by atoms with Gasteiger partial charge < -0.3 is 20.5 Å². The van der Waals surface area contributed by atoms with Gasteiger partial charge in [0, 0.05) is 42.7 Å². The van der Waals surface area contributed by atoms with E-state index >= 15 is 0 Å². The Hall–Kier alpha value is -3.83. The van der Waals surface area contributed by atoms with E-state index in [1.54, 1.807) is 30.5 Å². The van der Waals surface area contributed by atoms with E-state index in [2.05, 4.69) is 30.6 Å². The highest BCUT2D eigenvalue weighted by Crippen LogP contribution is 2.29. The van der Waals surface area contributed by atoms with Crippen LogP contribution in [0.2, 0.25) is 0 Å². The predicted octanol–water partition coefficient (Wildman–Crippen LogP) is 3.41. The quantitative estimate of drug-likeness (QED) is 0.330. The Balaban J connectivity index is 0.00000361. The number of anilines is 1. The van der Waals surface area contributed by atoms with E-state index in [1.807, 2.05) is 13.0 Å². The molecule has 3 aromatic heterocycles. The normalized spacial score (nSPS) is 11.5. The molecule has 0 radical (unpaired) electrons. The van der Waals surface area contributed by atoms with Crippen LogP contribution in [0.15, 0.2) is 49.1 Å². The second-order valence-corrected chi connectivity index (χ2v) is 7.91. The van der Waals surface area contributed by atoms with E-state index in [1.165, 1.54) is 20.5 Å². The fourth-order valence-electron chi connectivity index (χ4n) is 3.86. The number of halogens is 1. The molecule has 0 saturated heterocycles.